The van der Waals surface area contributed by atoms with Crippen molar-refractivity contribution in [2.75, 3.05) is 32.1 Å². The first kappa shape index (κ1) is 19.4. The molecule has 1 aromatic heterocycles. The second-order valence-electron chi connectivity index (χ2n) is 7.12. The Morgan fingerprint density at radius 2 is 2.00 bits per heavy atom. The summed E-state index contributed by atoms with van der Waals surface area (Å²) in [5.74, 6) is -0.882. The normalized spacial score (nSPS) is 25.5. The fourth-order valence-corrected chi connectivity index (χ4v) is 5.76. The number of methoxy groups -OCH3 is 1. The van der Waals surface area contributed by atoms with Crippen LogP contribution in [0.25, 0.3) is 0 Å². The van der Waals surface area contributed by atoms with Gasteiger partial charge in [0.1, 0.15) is 10.8 Å². The maximum Gasteiger partial charge on any atom is 0.255 e. The minimum absolute atomic E-state index is 0.0794. The Labute approximate surface area is 168 Å². The first-order chi connectivity index (χ1) is 13.7. The molecule has 11 heteroatoms. The van der Waals surface area contributed by atoms with Crippen molar-refractivity contribution >= 4 is 21.9 Å². The summed E-state index contributed by atoms with van der Waals surface area (Å²) in [6.07, 6.45) is 0. The number of rotatable bonds is 3. The molecule has 2 aliphatic rings. The lowest BCUT2D eigenvalue weighted by Crippen LogP contribution is -2.66. The van der Waals surface area contributed by atoms with E-state index in [1.165, 1.54) is 21.1 Å². The van der Waals surface area contributed by atoms with Gasteiger partial charge in [0.25, 0.3) is 5.88 Å². The molecular weight excluding hydrogens is 399 g/mol. The number of nitrogens with one attached hydrogen (secondary N) is 2. The predicted octanol–water partition coefficient (Wildman–Crippen LogP) is 0.816. The summed E-state index contributed by atoms with van der Waals surface area (Å²) in [4.78, 5) is 10.0. The Morgan fingerprint density at radius 1 is 1.31 bits per heavy atom. The molecule has 2 fully saturated rings. The van der Waals surface area contributed by atoms with Gasteiger partial charge in [0, 0.05) is 20.1 Å². The fraction of sp³-hybridized carbons (Fsp3) is 0.389. The van der Waals surface area contributed by atoms with Gasteiger partial charge in [-0.05, 0) is 12.5 Å². The molecule has 2 N–H and O–H groups in total. The van der Waals surface area contributed by atoms with Crippen LogP contribution in [-0.2, 0) is 15.6 Å². The number of aromatic nitrogens is 2. The van der Waals surface area contributed by atoms with Gasteiger partial charge in [0.05, 0.1) is 12.8 Å². The van der Waals surface area contributed by atoms with Crippen LogP contribution in [0.15, 0.2) is 30.3 Å². The zero-order valence-electron chi connectivity index (χ0n) is 16.2. The zero-order chi connectivity index (χ0) is 21.0. The standard InChI is InChI=1S/C18H21FN6O3S/c1-11-14(19)15(28-3)22-17(21-11)25-9-13-18(10-25,12-7-5-4-6-8-12)23-16(20)24(2)29(13,26)27/h4-8,13H,9-10H2,1-3H3,(H2,20,23)/t13?,18-/m1/s1. The molecule has 9 nitrogen and oxygen atoms in total. The number of hydrogen-bond donors (Lipinski definition) is 2. The Balaban J connectivity index is 1.86. The molecule has 0 amide bonds. The minimum atomic E-state index is -3.83. The fourth-order valence-electron chi connectivity index (χ4n) is 3.93. The Morgan fingerprint density at radius 3 is 2.66 bits per heavy atom. The van der Waals surface area contributed by atoms with E-state index in [-0.39, 0.29) is 36.6 Å². The predicted molar refractivity (Wildman–Crippen MR) is 105 cm³/mol. The number of anilines is 1. The van der Waals surface area contributed by atoms with Crippen LogP contribution >= 0.6 is 0 Å². The highest BCUT2D eigenvalue weighted by atomic mass is 32.2. The second kappa shape index (κ2) is 6.55. The van der Waals surface area contributed by atoms with E-state index < -0.39 is 26.6 Å². The molecule has 2 aliphatic heterocycles. The van der Waals surface area contributed by atoms with Crippen molar-refractivity contribution in [3.8, 4) is 5.88 Å². The number of fused-ring (bicyclic) bond motifs is 1. The molecule has 0 bridgehead atoms. The number of nitrogens with zero attached hydrogens (tertiary/aromatic N) is 4. The van der Waals surface area contributed by atoms with Gasteiger partial charge in [-0.2, -0.15) is 9.37 Å². The van der Waals surface area contributed by atoms with Crippen molar-refractivity contribution in [2.45, 2.75) is 17.7 Å². The molecule has 2 atom stereocenters. The summed E-state index contributed by atoms with van der Waals surface area (Å²) < 4.78 is 46.5. The lowest BCUT2D eigenvalue weighted by molar-refractivity contribution is 0.364. The Hall–Kier alpha value is -2.95. The van der Waals surface area contributed by atoms with Crippen LogP contribution in [0.1, 0.15) is 11.3 Å². The molecule has 1 aromatic carbocycles. The maximum atomic E-state index is 14.1. The molecule has 29 heavy (non-hydrogen) atoms. The van der Waals surface area contributed by atoms with E-state index >= 15 is 0 Å². The van der Waals surface area contributed by atoms with Crippen LogP contribution in [0.2, 0.25) is 0 Å². The van der Waals surface area contributed by atoms with Gasteiger partial charge in [-0.15, -0.1) is 0 Å². The smallest absolute Gasteiger partial charge is 0.255 e. The summed E-state index contributed by atoms with van der Waals surface area (Å²) in [5, 5.41) is 10.4. The van der Waals surface area contributed by atoms with E-state index in [1.54, 1.807) is 4.90 Å². The van der Waals surface area contributed by atoms with Crippen molar-refractivity contribution in [2.24, 2.45) is 0 Å². The van der Waals surface area contributed by atoms with Crippen molar-refractivity contribution in [1.29, 1.82) is 5.41 Å². The van der Waals surface area contributed by atoms with E-state index in [9.17, 15) is 12.8 Å². The summed E-state index contributed by atoms with van der Waals surface area (Å²) in [5.41, 5.74) is -0.223. The molecule has 0 spiro atoms. The first-order valence-electron chi connectivity index (χ1n) is 8.94. The summed E-state index contributed by atoms with van der Waals surface area (Å²) >= 11 is 0. The number of guanidine groups is 1. The molecule has 1 unspecified atom stereocenters. The number of sulfonamides is 1. The van der Waals surface area contributed by atoms with Crippen molar-refractivity contribution < 1.29 is 17.5 Å². The molecule has 4 rings (SSSR count). The largest absolute Gasteiger partial charge is 0.479 e. The monoisotopic (exact) mass is 420 g/mol. The molecule has 0 radical (unpaired) electrons. The van der Waals surface area contributed by atoms with Crippen LogP contribution in [0.5, 0.6) is 5.88 Å². The molecule has 0 saturated carbocycles. The van der Waals surface area contributed by atoms with Gasteiger partial charge in [-0.1, -0.05) is 30.3 Å². The molecule has 0 aliphatic carbocycles. The highest BCUT2D eigenvalue weighted by Gasteiger charge is 2.59. The maximum absolute atomic E-state index is 14.1. The lowest BCUT2D eigenvalue weighted by Gasteiger charge is -2.43. The molecule has 3 heterocycles. The number of benzene rings is 1. The molecule has 2 aromatic rings. The topological polar surface area (TPSA) is 112 Å². The Bertz CT molecular complexity index is 1080. The van der Waals surface area contributed by atoms with Crippen LogP contribution < -0.4 is 15.0 Å². The molecule has 154 valence electrons. The second-order valence-corrected chi connectivity index (χ2v) is 9.27. The van der Waals surface area contributed by atoms with Crippen molar-refractivity contribution in [1.82, 2.24) is 19.6 Å². The van der Waals surface area contributed by atoms with Crippen molar-refractivity contribution in [3.05, 3.63) is 47.4 Å². The number of hydrogen-bond acceptors (Lipinski definition) is 7. The van der Waals surface area contributed by atoms with Gasteiger partial charge in [-0.25, -0.2) is 17.7 Å². The van der Waals surface area contributed by atoms with E-state index in [2.05, 4.69) is 15.3 Å². The van der Waals surface area contributed by atoms with E-state index in [0.717, 1.165) is 9.87 Å². The van der Waals surface area contributed by atoms with Gasteiger partial charge < -0.3 is 15.0 Å². The first-order valence-corrected chi connectivity index (χ1v) is 10.4. The number of aryl methyl sites for hydroxylation is 1. The highest BCUT2D eigenvalue weighted by Crippen LogP contribution is 2.41. The zero-order valence-corrected chi connectivity index (χ0v) is 17.0. The average molecular weight is 420 g/mol. The summed E-state index contributed by atoms with van der Waals surface area (Å²) in [6, 6.07) is 9.14. The average Bonchev–Trinajstić information content (AvgIpc) is 3.11. The van der Waals surface area contributed by atoms with Gasteiger partial charge in [-0.3, -0.25) is 5.41 Å². The quantitative estimate of drug-likeness (QED) is 0.756. The Kier molecular flexibility index (Phi) is 4.37. The third-order valence-electron chi connectivity index (χ3n) is 5.51. The summed E-state index contributed by atoms with van der Waals surface area (Å²) in [6.45, 7) is 1.76. The van der Waals surface area contributed by atoms with E-state index in [0.29, 0.717) is 0 Å². The van der Waals surface area contributed by atoms with E-state index in [4.69, 9.17) is 10.1 Å². The minimum Gasteiger partial charge on any atom is -0.479 e. The van der Waals surface area contributed by atoms with Gasteiger partial charge in [0.2, 0.25) is 27.7 Å². The number of ether oxygens (including phenoxy) is 1. The van der Waals surface area contributed by atoms with Crippen LogP contribution in [-0.4, -0.2) is 61.1 Å². The third kappa shape index (κ3) is 2.79. The summed E-state index contributed by atoms with van der Waals surface area (Å²) in [7, 11) is -1.16. The lowest BCUT2D eigenvalue weighted by atomic mass is 9.88. The van der Waals surface area contributed by atoms with Gasteiger partial charge in [0.15, 0.2) is 0 Å². The van der Waals surface area contributed by atoms with Crippen molar-refractivity contribution in [3.63, 3.8) is 0 Å². The number of halogens is 1. The van der Waals surface area contributed by atoms with Crippen LogP contribution in [0.3, 0.4) is 0 Å². The van der Waals surface area contributed by atoms with E-state index in [1.807, 2.05) is 30.3 Å². The van der Waals surface area contributed by atoms with Crippen LogP contribution in [0, 0.1) is 18.2 Å². The van der Waals surface area contributed by atoms with Gasteiger partial charge >= 0.3 is 0 Å². The van der Waals surface area contributed by atoms with Crippen LogP contribution in [0.4, 0.5) is 10.3 Å². The molecule has 2 saturated heterocycles. The SMILES string of the molecule is COc1nc(N2CC3[C@](c4ccccc4)(C2)NC(=N)N(C)S3(=O)=O)nc(C)c1F. The third-order valence-corrected chi connectivity index (χ3v) is 7.73. The molecular formula is C18H21FN6O3S. The highest BCUT2D eigenvalue weighted by molar-refractivity contribution is 7.90.